The summed E-state index contributed by atoms with van der Waals surface area (Å²) in [6, 6.07) is 16.7. The first-order chi connectivity index (χ1) is 11.6. The van der Waals surface area contributed by atoms with Crippen LogP contribution in [0.25, 0.3) is 0 Å². The third-order valence-corrected chi connectivity index (χ3v) is 3.66. The third-order valence-electron chi connectivity index (χ3n) is 3.66. The highest BCUT2D eigenvalue weighted by atomic mass is 16.2. The van der Waals surface area contributed by atoms with Gasteiger partial charge in [-0.05, 0) is 31.0 Å². The van der Waals surface area contributed by atoms with Crippen molar-refractivity contribution in [3.63, 3.8) is 0 Å². The van der Waals surface area contributed by atoms with Crippen LogP contribution in [0.1, 0.15) is 30.5 Å². The highest BCUT2D eigenvalue weighted by molar-refractivity contribution is 5.92. The van der Waals surface area contributed by atoms with Crippen LogP contribution in [0.4, 0.5) is 10.5 Å². The van der Waals surface area contributed by atoms with Crippen LogP contribution in [0.2, 0.25) is 0 Å². The van der Waals surface area contributed by atoms with E-state index in [-0.39, 0.29) is 18.5 Å². The summed E-state index contributed by atoms with van der Waals surface area (Å²) in [6.07, 6.45) is 0.783. The van der Waals surface area contributed by atoms with Gasteiger partial charge in [-0.15, -0.1) is 0 Å². The number of anilines is 1. The van der Waals surface area contributed by atoms with Gasteiger partial charge in [0, 0.05) is 5.69 Å². The fourth-order valence-corrected chi connectivity index (χ4v) is 2.32. The zero-order valence-electron chi connectivity index (χ0n) is 14.0. The Morgan fingerprint density at radius 3 is 2.29 bits per heavy atom. The van der Waals surface area contributed by atoms with Crippen LogP contribution in [-0.2, 0) is 4.79 Å². The van der Waals surface area contributed by atoms with Gasteiger partial charge in [-0.25, -0.2) is 4.79 Å². The van der Waals surface area contributed by atoms with Crippen molar-refractivity contribution in [1.82, 2.24) is 10.6 Å². The number of para-hydroxylation sites is 1. The molecule has 0 aliphatic rings. The van der Waals surface area contributed by atoms with Crippen molar-refractivity contribution < 1.29 is 9.59 Å². The van der Waals surface area contributed by atoms with E-state index in [1.807, 2.05) is 56.3 Å². The predicted octanol–water partition coefficient (Wildman–Crippen LogP) is 3.38. The summed E-state index contributed by atoms with van der Waals surface area (Å²) in [7, 11) is 0. The summed E-state index contributed by atoms with van der Waals surface area (Å²) in [5.74, 6) is -0.217. The topological polar surface area (TPSA) is 70.2 Å². The highest BCUT2D eigenvalue weighted by Gasteiger charge is 2.13. The SMILES string of the molecule is CC[C@H](NC(=O)CNC(=O)Nc1ccccc1)c1ccc(C)cc1. The first kappa shape index (κ1) is 17.5. The van der Waals surface area contributed by atoms with Crippen LogP contribution >= 0.6 is 0 Å². The lowest BCUT2D eigenvalue weighted by Crippen LogP contribution is -2.40. The number of aryl methyl sites for hydroxylation is 1. The van der Waals surface area contributed by atoms with E-state index in [0.29, 0.717) is 5.69 Å². The summed E-state index contributed by atoms with van der Waals surface area (Å²) < 4.78 is 0. The molecule has 3 amide bonds. The molecule has 1 atom stereocenters. The lowest BCUT2D eigenvalue weighted by Gasteiger charge is -2.18. The molecule has 0 aliphatic heterocycles. The zero-order valence-corrected chi connectivity index (χ0v) is 14.0. The van der Waals surface area contributed by atoms with E-state index in [1.54, 1.807) is 12.1 Å². The Kier molecular flexibility index (Phi) is 6.37. The Balaban J connectivity index is 1.81. The maximum absolute atomic E-state index is 12.1. The number of hydrogen-bond acceptors (Lipinski definition) is 2. The molecule has 0 unspecified atom stereocenters. The molecule has 0 bridgehead atoms. The molecule has 3 N–H and O–H groups in total. The minimum Gasteiger partial charge on any atom is -0.348 e. The number of amides is 3. The number of urea groups is 1. The smallest absolute Gasteiger partial charge is 0.319 e. The second-order valence-corrected chi connectivity index (χ2v) is 5.61. The molecule has 2 aromatic rings. The Bertz CT molecular complexity index is 669. The number of carbonyl (C=O) groups excluding carboxylic acids is 2. The molecule has 2 aromatic carbocycles. The summed E-state index contributed by atoms with van der Waals surface area (Å²) >= 11 is 0. The van der Waals surface area contributed by atoms with Gasteiger partial charge in [-0.3, -0.25) is 4.79 Å². The molecule has 5 heteroatoms. The predicted molar refractivity (Wildman–Crippen MR) is 95.8 cm³/mol. The quantitative estimate of drug-likeness (QED) is 0.762. The lowest BCUT2D eigenvalue weighted by atomic mass is 10.0. The molecule has 0 spiro atoms. The zero-order chi connectivity index (χ0) is 17.4. The maximum atomic E-state index is 12.1. The lowest BCUT2D eigenvalue weighted by molar-refractivity contribution is -0.120. The van der Waals surface area contributed by atoms with E-state index in [9.17, 15) is 9.59 Å². The second-order valence-electron chi connectivity index (χ2n) is 5.61. The summed E-state index contributed by atoms with van der Waals surface area (Å²) in [5.41, 5.74) is 2.92. The van der Waals surface area contributed by atoms with Crippen molar-refractivity contribution in [2.24, 2.45) is 0 Å². The third kappa shape index (κ3) is 5.43. The van der Waals surface area contributed by atoms with Crippen LogP contribution < -0.4 is 16.0 Å². The van der Waals surface area contributed by atoms with Crippen molar-refractivity contribution >= 4 is 17.6 Å². The Morgan fingerprint density at radius 2 is 1.67 bits per heavy atom. The summed E-state index contributed by atoms with van der Waals surface area (Å²) in [6.45, 7) is 3.97. The molecule has 2 rings (SSSR count). The van der Waals surface area contributed by atoms with Crippen molar-refractivity contribution in [3.05, 3.63) is 65.7 Å². The molecule has 24 heavy (non-hydrogen) atoms. The molecule has 0 radical (unpaired) electrons. The van der Waals surface area contributed by atoms with E-state index < -0.39 is 6.03 Å². The standard InChI is InChI=1S/C19H23N3O2/c1-3-17(15-11-9-14(2)10-12-15)22-18(23)13-20-19(24)21-16-7-5-4-6-8-16/h4-12,17H,3,13H2,1-2H3,(H,22,23)(H2,20,21,24)/t17-/m0/s1. The van der Waals surface area contributed by atoms with Crippen molar-refractivity contribution in [3.8, 4) is 0 Å². The van der Waals surface area contributed by atoms with Crippen LogP contribution in [0.3, 0.4) is 0 Å². The van der Waals surface area contributed by atoms with E-state index in [1.165, 1.54) is 5.56 Å². The number of benzene rings is 2. The minimum atomic E-state index is -0.403. The van der Waals surface area contributed by atoms with E-state index in [2.05, 4.69) is 16.0 Å². The van der Waals surface area contributed by atoms with Crippen molar-refractivity contribution in [2.75, 3.05) is 11.9 Å². The number of nitrogens with one attached hydrogen (secondary N) is 3. The fraction of sp³-hybridized carbons (Fsp3) is 0.263. The molecule has 0 saturated heterocycles. The normalized spacial score (nSPS) is 11.4. The number of hydrogen-bond donors (Lipinski definition) is 3. The van der Waals surface area contributed by atoms with Gasteiger partial charge >= 0.3 is 6.03 Å². The number of carbonyl (C=O) groups is 2. The molecule has 0 fully saturated rings. The monoisotopic (exact) mass is 325 g/mol. The molecule has 0 aliphatic carbocycles. The van der Waals surface area contributed by atoms with Gasteiger partial charge in [0.25, 0.3) is 0 Å². The van der Waals surface area contributed by atoms with E-state index in [4.69, 9.17) is 0 Å². The van der Waals surface area contributed by atoms with Gasteiger partial charge in [0.1, 0.15) is 0 Å². The maximum Gasteiger partial charge on any atom is 0.319 e. The summed E-state index contributed by atoms with van der Waals surface area (Å²) in [5, 5.41) is 8.17. The van der Waals surface area contributed by atoms with E-state index in [0.717, 1.165) is 12.0 Å². The van der Waals surface area contributed by atoms with Gasteiger partial charge in [-0.1, -0.05) is 55.0 Å². The van der Waals surface area contributed by atoms with Gasteiger partial charge in [0.2, 0.25) is 5.91 Å². The number of rotatable bonds is 6. The van der Waals surface area contributed by atoms with Crippen LogP contribution in [0, 0.1) is 6.92 Å². The minimum absolute atomic E-state index is 0.0583. The molecule has 5 nitrogen and oxygen atoms in total. The molecule has 0 aromatic heterocycles. The molecule has 0 heterocycles. The first-order valence-electron chi connectivity index (χ1n) is 8.04. The first-order valence-corrected chi connectivity index (χ1v) is 8.04. The summed E-state index contributed by atoms with van der Waals surface area (Å²) in [4.78, 5) is 23.8. The molecular formula is C19H23N3O2. The fourth-order valence-electron chi connectivity index (χ4n) is 2.32. The second kappa shape index (κ2) is 8.72. The van der Waals surface area contributed by atoms with Crippen LogP contribution in [0.5, 0.6) is 0 Å². The average Bonchev–Trinajstić information content (AvgIpc) is 2.59. The van der Waals surface area contributed by atoms with Crippen molar-refractivity contribution in [2.45, 2.75) is 26.3 Å². The molecular weight excluding hydrogens is 302 g/mol. The highest BCUT2D eigenvalue weighted by Crippen LogP contribution is 2.16. The largest absolute Gasteiger partial charge is 0.348 e. The Labute approximate surface area is 142 Å². The van der Waals surface area contributed by atoms with Gasteiger partial charge in [-0.2, -0.15) is 0 Å². The Hall–Kier alpha value is -2.82. The molecule has 126 valence electrons. The van der Waals surface area contributed by atoms with Gasteiger partial charge in [0.15, 0.2) is 0 Å². The van der Waals surface area contributed by atoms with E-state index >= 15 is 0 Å². The Morgan fingerprint density at radius 1 is 1.00 bits per heavy atom. The van der Waals surface area contributed by atoms with Gasteiger partial charge in [0.05, 0.1) is 12.6 Å². The van der Waals surface area contributed by atoms with Crippen LogP contribution in [0.15, 0.2) is 54.6 Å². The van der Waals surface area contributed by atoms with Crippen LogP contribution in [-0.4, -0.2) is 18.5 Å². The van der Waals surface area contributed by atoms with Gasteiger partial charge < -0.3 is 16.0 Å². The molecule has 0 saturated carbocycles. The average molecular weight is 325 g/mol. The van der Waals surface area contributed by atoms with Crippen molar-refractivity contribution in [1.29, 1.82) is 0 Å².